The molecule has 5 heteroatoms. The first-order chi connectivity index (χ1) is 11.0. The molecule has 0 bridgehead atoms. The smallest absolute Gasteiger partial charge is 0.250 e. The highest BCUT2D eigenvalue weighted by Crippen LogP contribution is 2.35. The molecule has 0 unspecified atom stereocenters. The number of benzene rings is 1. The largest absolute Gasteiger partial charge is 0.369 e. The van der Waals surface area contributed by atoms with Crippen molar-refractivity contribution in [2.24, 2.45) is 5.73 Å². The number of aryl methyl sites for hydroxylation is 2. The molecule has 1 aromatic carbocycles. The van der Waals surface area contributed by atoms with Crippen LogP contribution in [0.3, 0.4) is 0 Å². The molecule has 0 radical (unpaired) electrons. The summed E-state index contributed by atoms with van der Waals surface area (Å²) in [6.07, 6.45) is 1.05. The van der Waals surface area contributed by atoms with Gasteiger partial charge in [-0.1, -0.05) is 5.92 Å². The molecule has 1 aliphatic heterocycles. The van der Waals surface area contributed by atoms with E-state index in [1.54, 1.807) is 0 Å². The van der Waals surface area contributed by atoms with Gasteiger partial charge in [-0.15, -0.1) is 0 Å². The van der Waals surface area contributed by atoms with Gasteiger partial charge >= 0.3 is 0 Å². The van der Waals surface area contributed by atoms with E-state index >= 15 is 0 Å². The molecule has 120 valence electrons. The predicted molar refractivity (Wildman–Crippen MR) is 93.5 cm³/mol. The SMILES string of the molecule is CC#CN[C@@H]1CCN(c2ccc(C(N)=O)c3[nH]c(C)c(C)c23)C1. The lowest BCUT2D eigenvalue weighted by Gasteiger charge is -2.21. The van der Waals surface area contributed by atoms with Crippen molar-refractivity contribution in [3.63, 3.8) is 0 Å². The Balaban J connectivity index is 2.03. The number of hydrogen-bond donors (Lipinski definition) is 3. The quantitative estimate of drug-likeness (QED) is 0.600. The van der Waals surface area contributed by atoms with Gasteiger partial charge in [0.2, 0.25) is 0 Å². The molecule has 1 saturated heterocycles. The Bertz CT molecular complexity index is 825. The molecule has 1 aromatic heterocycles. The van der Waals surface area contributed by atoms with Crippen LogP contribution in [0.15, 0.2) is 12.1 Å². The second-order valence-corrected chi connectivity index (χ2v) is 6.07. The van der Waals surface area contributed by atoms with Gasteiger partial charge in [-0.2, -0.15) is 0 Å². The Kier molecular flexibility index (Phi) is 3.91. The highest BCUT2D eigenvalue weighted by molar-refractivity contribution is 6.10. The van der Waals surface area contributed by atoms with Crippen LogP contribution in [0.1, 0.15) is 35.0 Å². The van der Waals surface area contributed by atoms with Crippen molar-refractivity contribution < 1.29 is 4.79 Å². The monoisotopic (exact) mass is 310 g/mol. The number of primary amides is 1. The molecule has 1 aliphatic rings. The van der Waals surface area contributed by atoms with E-state index in [-0.39, 0.29) is 0 Å². The van der Waals surface area contributed by atoms with Crippen LogP contribution in [0.2, 0.25) is 0 Å². The van der Waals surface area contributed by atoms with E-state index in [4.69, 9.17) is 5.73 Å². The Labute approximate surface area is 136 Å². The summed E-state index contributed by atoms with van der Waals surface area (Å²) in [6, 6.07) is 7.15. The zero-order valence-corrected chi connectivity index (χ0v) is 13.8. The number of nitrogens with two attached hydrogens (primary N) is 1. The minimum Gasteiger partial charge on any atom is -0.369 e. The average molecular weight is 310 g/mol. The lowest BCUT2D eigenvalue weighted by atomic mass is 10.1. The van der Waals surface area contributed by atoms with Gasteiger partial charge in [-0.25, -0.2) is 0 Å². The lowest BCUT2D eigenvalue weighted by Crippen LogP contribution is -2.29. The Morgan fingerprint density at radius 1 is 1.43 bits per heavy atom. The van der Waals surface area contributed by atoms with Crippen LogP contribution in [0.4, 0.5) is 5.69 Å². The normalized spacial score (nSPS) is 17.2. The van der Waals surface area contributed by atoms with Crippen LogP contribution >= 0.6 is 0 Å². The number of H-pyrrole nitrogens is 1. The first-order valence-corrected chi connectivity index (χ1v) is 7.86. The van der Waals surface area contributed by atoms with Crippen molar-refractivity contribution in [2.45, 2.75) is 33.2 Å². The molecular formula is C18H22N4O. The number of anilines is 1. The van der Waals surface area contributed by atoms with Crippen molar-refractivity contribution in [1.82, 2.24) is 10.3 Å². The summed E-state index contributed by atoms with van der Waals surface area (Å²) in [5.74, 6) is 2.47. The third kappa shape index (κ3) is 2.61. The van der Waals surface area contributed by atoms with Crippen LogP contribution in [0.25, 0.3) is 10.9 Å². The number of carbonyl (C=O) groups excluding carboxylic acids is 1. The molecule has 1 atom stereocenters. The van der Waals surface area contributed by atoms with Gasteiger partial charge in [-0.05, 0) is 44.9 Å². The molecule has 0 aliphatic carbocycles. The van der Waals surface area contributed by atoms with E-state index in [1.165, 1.54) is 5.56 Å². The number of hydrogen-bond acceptors (Lipinski definition) is 3. The fourth-order valence-corrected chi connectivity index (χ4v) is 3.31. The second-order valence-electron chi connectivity index (χ2n) is 6.07. The summed E-state index contributed by atoms with van der Waals surface area (Å²) in [7, 11) is 0. The van der Waals surface area contributed by atoms with Gasteiger partial charge in [0.05, 0.1) is 17.1 Å². The predicted octanol–water partition coefficient (Wildman–Crippen LogP) is 2.03. The zero-order chi connectivity index (χ0) is 16.6. The van der Waals surface area contributed by atoms with Gasteiger partial charge in [0.15, 0.2) is 0 Å². The average Bonchev–Trinajstić information content (AvgIpc) is 3.10. The van der Waals surface area contributed by atoms with Gasteiger partial charge in [0.25, 0.3) is 5.91 Å². The van der Waals surface area contributed by atoms with E-state index in [0.717, 1.165) is 41.8 Å². The Morgan fingerprint density at radius 2 is 2.22 bits per heavy atom. The highest BCUT2D eigenvalue weighted by atomic mass is 16.1. The Hall–Kier alpha value is -2.61. The van der Waals surface area contributed by atoms with Crippen molar-refractivity contribution in [3.8, 4) is 12.0 Å². The van der Waals surface area contributed by atoms with Crippen molar-refractivity contribution in [1.29, 1.82) is 0 Å². The van der Waals surface area contributed by atoms with Crippen LogP contribution in [0, 0.1) is 25.8 Å². The summed E-state index contributed by atoms with van der Waals surface area (Å²) < 4.78 is 0. The minimum atomic E-state index is -0.401. The number of rotatable bonds is 3. The number of carbonyl (C=O) groups is 1. The van der Waals surface area contributed by atoms with E-state index in [0.29, 0.717) is 11.6 Å². The number of fused-ring (bicyclic) bond motifs is 1. The van der Waals surface area contributed by atoms with Crippen molar-refractivity contribution in [2.75, 3.05) is 18.0 Å². The maximum Gasteiger partial charge on any atom is 0.250 e. The first kappa shape index (κ1) is 15.3. The molecule has 5 nitrogen and oxygen atoms in total. The van der Waals surface area contributed by atoms with Crippen molar-refractivity contribution >= 4 is 22.5 Å². The maximum absolute atomic E-state index is 11.7. The third-order valence-corrected chi connectivity index (χ3v) is 4.63. The first-order valence-electron chi connectivity index (χ1n) is 7.86. The zero-order valence-electron chi connectivity index (χ0n) is 13.8. The number of nitrogens with zero attached hydrogens (tertiary/aromatic N) is 1. The van der Waals surface area contributed by atoms with E-state index in [2.05, 4.69) is 34.1 Å². The maximum atomic E-state index is 11.7. The summed E-state index contributed by atoms with van der Waals surface area (Å²) in [6.45, 7) is 7.81. The van der Waals surface area contributed by atoms with Crippen LogP contribution < -0.4 is 16.0 Å². The molecule has 2 heterocycles. The molecule has 1 fully saturated rings. The van der Waals surface area contributed by atoms with E-state index in [9.17, 15) is 4.79 Å². The number of amides is 1. The Morgan fingerprint density at radius 3 is 2.91 bits per heavy atom. The van der Waals surface area contributed by atoms with E-state index in [1.807, 2.05) is 26.0 Å². The van der Waals surface area contributed by atoms with Crippen LogP contribution in [0.5, 0.6) is 0 Å². The molecule has 1 amide bonds. The van der Waals surface area contributed by atoms with Gasteiger partial charge in [-0.3, -0.25) is 4.79 Å². The van der Waals surface area contributed by atoms with Crippen LogP contribution in [-0.4, -0.2) is 30.0 Å². The fourth-order valence-electron chi connectivity index (χ4n) is 3.31. The summed E-state index contributed by atoms with van der Waals surface area (Å²) in [4.78, 5) is 17.4. The van der Waals surface area contributed by atoms with Gasteiger partial charge < -0.3 is 20.9 Å². The fraction of sp³-hybridized carbons (Fsp3) is 0.389. The highest BCUT2D eigenvalue weighted by Gasteiger charge is 2.25. The molecule has 0 saturated carbocycles. The molecule has 0 spiro atoms. The molecular weight excluding hydrogens is 288 g/mol. The number of aromatic amines is 1. The van der Waals surface area contributed by atoms with Crippen LogP contribution in [-0.2, 0) is 0 Å². The van der Waals surface area contributed by atoms with Gasteiger partial charge in [0.1, 0.15) is 0 Å². The second kappa shape index (κ2) is 5.88. The van der Waals surface area contributed by atoms with Crippen molar-refractivity contribution in [3.05, 3.63) is 29.0 Å². The molecule has 4 N–H and O–H groups in total. The third-order valence-electron chi connectivity index (χ3n) is 4.63. The standard InChI is InChI=1S/C18H22N4O/c1-4-8-20-13-7-9-22(10-13)15-6-5-14(18(19)23)17-16(15)11(2)12(3)21-17/h5-6,13,20-21H,7,9-10H2,1-3H3,(H2,19,23)/t13-/m1/s1. The molecule has 3 rings (SSSR count). The summed E-state index contributed by atoms with van der Waals surface area (Å²) in [5.41, 5.74) is 10.3. The van der Waals surface area contributed by atoms with Gasteiger partial charge in [0, 0.05) is 35.9 Å². The topological polar surface area (TPSA) is 74.2 Å². The summed E-state index contributed by atoms with van der Waals surface area (Å²) in [5, 5.41) is 4.34. The minimum absolute atomic E-state index is 0.369. The molecule has 2 aromatic rings. The number of aromatic nitrogens is 1. The van der Waals surface area contributed by atoms with E-state index < -0.39 is 5.91 Å². The number of nitrogens with one attached hydrogen (secondary N) is 2. The lowest BCUT2D eigenvalue weighted by molar-refractivity contribution is 0.100. The summed E-state index contributed by atoms with van der Waals surface area (Å²) >= 11 is 0. The molecule has 23 heavy (non-hydrogen) atoms.